The van der Waals surface area contributed by atoms with Crippen LogP contribution in [0.4, 0.5) is 5.82 Å². The molecule has 1 atom stereocenters. The number of aryl methyl sites for hydroxylation is 1. The normalized spacial score (nSPS) is 19.2. The van der Waals surface area contributed by atoms with Gasteiger partial charge in [0.25, 0.3) is 15.9 Å². The van der Waals surface area contributed by atoms with E-state index < -0.39 is 15.9 Å². The van der Waals surface area contributed by atoms with Crippen LogP contribution in [-0.2, 0) is 10.0 Å². The van der Waals surface area contributed by atoms with Crippen molar-refractivity contribution < 1.29 is 17.9 Å². The van der Waals surface area contributed by atoms with Crippen LogP contribution in [0.2, 0.25) is 0 Å². The highest BCUT2D eigenvalue weighted by Gasteiger charge is 2.40. The molecule has 0 bridgehead atoms. The van der Waals surface area contributed by atoms with Crippen LogP contribution in [0.25, 0.3) is 5.82 Å². The Labute approximate surface area is 235 Å². The lowest BCUT2D eigenvalue weighted by atomic mass is 9.97. The summed E-state index contributed by atoms with van der Waals surface area (Å²) >= 11 is 0. The number of hydrogen-bond acceptors (Lipinski definition) is 8. The quantitative estimate of drug-likeness (QED) is 0.428. The summed E-state index contributed by atoms with van der Waals surface area (Å²) in [5.41, 5.74) is 0.768. The second kappa shape index (κ2) is 9.93. The van der Waals surface area contributed by atoms with Gasteiger partial charge in [-0.2, -0.15) is 5.26 Å². The Kier molecular flexibility index (Phi) is 6.86. The van der Waals surface area contributed by atoms with E-state index in [-0.39, 0.29) is 21.4 Å². The van der Waals surface area contributed by atoms with Gasteiger partial charge in [-0.05, 0) is 81.8 Å². The van der Waals surface area contributed by atoms with Crippen molar-refractivity contribution in [3.8, 4) is 17.8 Å². The average Bonchev–Trinajstić information content (AvgIpc) is 3.31. The summed E-state index contributed by atoms with van der Waals surface area (Å²) in [5.74, 6) is 0.947. The molecule has 2 fully saturated rings. The van der Waals surface area contributed by atoms with Crippen LogP contribution in [0.5, 0.6) is 5.88 Å². The van der Waals surface area contributed by atoms with Crippen molar-refractivity contribution in [3.63, 3.8) is 0 Å². The van der Waals surface area contributed by atoms with Gasteiger partial charge >= 0.3 is 0 Å². The maximum atomic E-state index is 13.5. The number of rotatable bonds is 8. The molecule has 1 aromatic carbocycles. The molecule has 0 unspecified atom stereocenters. The number of nitriles is 1. The Balaban J connectivity index is 1.48. The van der Waals surface area contributed by atoms with E-state index in [2.05, 4.69) is 42.4 Å². The number of benzene rings is 1. The Morgan fingerprint density at radius 1 is 1.20 bits per heavy atom. The molecule has 40 heavy (non-hydrogen) atoms. The molecule has 1 aliphatic carbocycles. The molecule has 1 amide bonds. The zero-order chi connectivity index (χ0) is 28.9. The summed E-state index contributed by atoms with van der Waals surface area (Å²) < 4.78 is 36.1. The highest BCUT2D eigenvalue weighted by molar-refractivity contribution is 7.90. The van der Waals surface area contributed by atoms with Gasteiger partial charge in [-0.1, -0.05) is 13.8 Å². The molecule has 0 radical (unpaired) electrons. The van der Waals surface area contributed by atoms with Crippen LogP contribution in [0.15, 0.2) is 47.5 Å². The van der Waals surface area contributed by atoms with E-state index in [1.54, 1.807) is 36.0 Å². The molecule has 2 aliphatic rings. The molecule has 5 rings (SSSR count). The van der Waals surface area contributed by atoms with E-state index in [0.29, 0.717) is 47.7 Å². The molecule has 3 aromatic rings. The Morgan fingerprint density at radius 2 is 1.95 bits per heavy atom. The van der Waals surface area contributed by atoms with Crippen LogP contribution >= 0.6 is 0 Å². The summed E-state index contributed by atoms with van der Waals surface area (Å²) in [4.78, 5) is 20.4. The van der Waals surface area contributed by atoms with Crippen molar-refractivity contribution in [3.05, 3.63) is 59.3 Å². The topological polar surface area (TPSA) is 130 Å². The number of carbonyl (C=O) groups is 1. The first-order valence-corrected chi connectivity index (χ1v) is 14.8. The van der Waals surface area contributed by atoms with Gasteiger partial charge in [-0.25, -0.2) is 22.8 Å². The molecular weight excluding hydrogens is 528 g/mol. The molecule has 10 nitrogen and oxygen atoms in total. The summed E-state index contributed by atoms with van der Waals surface area (Å²) in [6, 6.07) is 11.2. The number of nitrogens with zero attached hydrogens (tertiary/aromatic N) is 5. The van der Waals surface area contributed by atoms with Crippen LogP contribution in [0.1, 0.15) is 68.4 Å². The number of hydrogen-bond donors (Lipinski definition) is 1. The Bertz CT molecular complexity index is 1620. The van der Waals surface area contributed by atoms with Crippen molar-refractivity contribution in [1.29, 1.82) is 5.26 Å². The van der Waals surface area contributed by atoms with Crippen molar-refractivity contribution >= 4 is 21.7 Å². The molecular formula is C29H34N6O4S. The predicted molar refractivity (Wildman–Crippen MR) is 150 cm³/mol. The van der Waals surface area contributed by atoms with Crippen LogP contribution in [0.3, 0.4) is 0 Å². The largest absolute Gasteiger partial charge is 0.476 e. The van der Waals surface area contributed by atoms with Gasteiger partial charge in [0.15, 0.2) is 5.82 Å². The Hall–Kier alpha value is -3.91. The number of amides is 1. The second-order valence-corrected chi connectivity index (χ2v) is 13.6. The molecule has 2 aromatic heterocycles. The highest BCUT2D eigenvalue weighted by Crippen LogP contribution is 2.45. The minimum atomic E-state index is -4.20. The van der Waals surface area contributed by atoms with E-state index in [0.717, 1.165) is 19.3 Å². The number of pyridine rings is 1. The third-order valence-electron chi connectivity index (χ3n) is 7.73. The van der Waals surface area contributed by atoms with Gasteiger partial charge in [0.1, 0.15) is 5.82 Å². The fraction of sp³-hybridized carbons (Fsp3) is 0.448. The maximum absolute atomic E-state index is 13.5. The van der Waals surface area contributed by atoms with Crippen molar-refractivity contribution in [2.75, 3.05) is 18.1 Å². The summed E-state index contributed by atoms with van der Waals surface area (Å²) in [7, 11) is -4.20. The van der Waals surface area contributed by atoms with Gasteiger partial charge in [0.05, 0.1) is 28.7 Å². The molecule has 0 spiro atoms. The lowest BCUT2D eigenvalue weighted by Crippen LogP contribution is -2.41. The lowest BCUT2D eigenvalue weighted by molar-refractivity contribution is 0.0981. The summed E-state index contributed by atoms with van der Waals surface area (Å²) in [5, 5.41) is 13.6. The van der Waals surface area contributed by atoms with Crippen molar-refractivity contribution in [2.24, 2.45) is 11.3 Å². The average molecular weight is 563 g/mol. The van der Waals surface area contributed by atoms with E-state index in [4.69, 9.17) is 15.0 Å². The molecule has 1 N–H and O–H groups in total. The zero-order valence-electron chi connectivity index (χ0n) is 23.4. The number of ether oxygens (including phenoxy) is 1. The first kappa shape index (κ1) is 27.6. The van der Waals surface area contributed by atoms with Gasteiger partial charge in [0.2, 0.25) is 5.88 Å². The van der Waals surface area contributed by atoms with Gasteiger partial charge in [-0.3, -0.25) is 4.79 Å². The fourth-order valence-corrected chi connectivity index (χ4v) is 6.47. The highest BCUT2D eigenvalue weighted by atomic mass is 32.2. The SMILES string of the molecule is Cc1cc(C#N)ccc1S(=O)(=O)NC(=O)c1ccc(-n2ccc(OCC3(C)CC3)n2)nc1N1C[C@@H](C)CC1(C)C. The van der Waals surface area contributed by atoms with Crippen molar-refractivity contribution in [1.82, 2.24) is 19.5 Å². The van der Waals surface area contributed by atoms with E-state index in [9.17, 15) is 13.2 Å². The molecule has 1 aliphatic heterocycles. The molecule has 3 heterocycles. The summed E-state index contributed by atoms with van der Waals surface area (Å²) in [6.45, 7) is 11.3. The minimum absolute atomic E-state index is 0.0646. The van der Waals surface area contributed by atoms with Gasteiger partial charge in [-0.15, -0.1) is 5.10 Å². The third-order valence-corrected chi connectivity index (χ3v) is 9.22. The monoisotopic (exact) mass is 562 g/mol. The molecule has 1 saturated heterocycles. The number of aromatic nitrogens is 3. The zero-order valence-corrected chi connectivity index (χ0v) is 24.2. The second-order valence-electron chi connectivity index (χ2n) is 12.0. The molecule has 210 valence electrons. The standard InChI is InChI=1S/C29H34N6O4S/c1-19-15-28(3,4)34(17-19)26-22(27(36)33-40(37,38)23-8-6-21(16-30)14-20(23)2)7-9-24(31-26)35-13-10-25(32-35)39-18-29(5)11-12-29/h6-10,13-14,19H,11-12,15,17-18H2,1-5H3,(H,33,36)/t19-/m0/s1. The number of anilines is 1. The maximum Gasteiger partial charge on any atom is 0.268 e. The predicted octanol–water partition coefficient (Wildman–Crippen LogP) is 4.37. The van der Waals surface area contributed by atoms with Crippen LogP contribution in [0, 0.1) is 29.6 Å². The van der Waals surface area contributed by atoms with Crippen LogP contribution in [-0.4, -0.2) is 47.8 Å². The number of carbonyl (C=O) groups excluding carboxylic acids is 1. The lowest BCUT2D eigenvalue weighted by Gasteiger charge is -2.34. The number of nitrogens with one attached hydrogen (secondary N) is 1. The molecule has 1 saturated carbocycles. The van der Waals surface area contributed by atoms with E-state index in [1.165, 1.54) is 18.2 Å². The van der Waals surface area contributed by atoms with Gasteiger partial charge in [0, 0.05) is 29.8 Å². The van der Waals surface area contributed by atoms with Crippen LogP contribution < -0.4 is 14.4 Å². The smallest absolute Gasteiger partial charge is 0.268 e. The first-order chi connectivity index (χ1) is 18.8. The van der Waals surface area contributed by atoms with E-state index in [1.807, 2.05) is 6.07 Å². The van der Waals surface area contributed by atoms with Crippen molar-refractivity contribution in [2.45, 2.75) is 64.3 Å². The third kappa shape index (κ3) is 5.54. The summed E-state index contributed by atoms with van der Waals surface area (Å²) in [6.07, 6.45) is 4.94. The fourth-order valence-electron chi connectivity index (χ4n) is 5.28. The Morgan fingerprint density at radius 3 is 2.58 bits per heavy atom. The molecule has 11 heteroatoms. The van der Waals surface area contributed by atoms with E-state index >= 15 is 0 Å². The number of sulfonamides is 1. The first-order valence-electron chi connectivity index (χ1n) is 13.4. The minimum Gasteiger partial charge on any atom is -0.476 e. The van der Waals surface area contributed by atoms with Gasteiger partial charge < -0.3 is 9.64 Å².